The van der Waals surface area contributed by atoms with Crippen LogP contribution in [0.2, 0.25) is 10.0 Å². The standard InChI is InChI=1S/C15H13Cl2N7O/c1-8-2-4-9(5-3-8)20-15-22-11(21-14(18)23-15)7-24-13(25)12(17)10(16)6-19-24/h2-6H,7H2,1H3,(H3,18,20,21,22,23). The third kappa shape index (κ3) is 4.04. The summed E-state index contributed by atoms with van der Waals surface area (Å²) in [5.41, 5.74) is 7.11. The molecule has 10 heteroatoms. The van der Waals surface area contributed by atoms with Crippen molar-refractivity contribution in [1.29, 1.82) is 0 Å². The monoisotopic (exact) mass is 377 g/mol. The van der Waals surface area contributed by atoms with Gasteiger partial charge >= 0.3 is 0 Å². The number of aryl methyl sites for hydroxylation is 1. The molecular formula is C15H13Cl2N7O. The van der Waals surface area contributed by atoms with Crippen molar-refractivity contribution in [1.82, 2.24) is 24.7 Å². The van der Waals surface area contributed by atoms with E-state index in [1.54, 1.807) is 0 Å². The van der Waals surface area contributed by atoms with E-state index in [1.165, 1.54) is 6.20 Å². The molecule has 0 aliphatic rings. The lowest BCUT2D eigenvalue weighted by atomic mass is 10.2. The smallest absolute Gasteiger partial charge is 0.287 e. The van der Waals surface area contributed by atoms with Gasteiger partial charge in [-0.25, -0.2) is 4.68 Å². The first-order valence-corrected chi connectivity index (χ1v) is 7.93. The molecular weight excluding hydrogens is 365 g/mol. The number of anilines is 3. The predicted octanol–water partition coefficient (Wildman–Crippen LogP) is 2.42. The van der Waals surface area contributed by atoms with Crippen LogP contribution < -0.4 is 16.6 Å². The highest BCUT2D eigenvalue weighted by molar-refractivity contribution is 6.41. The zero-order valence-corrected chi connectivity index (χ0v) is 14.6. The number of nitrogens with one attached hydrogen (secondary N) is 1. The van der Waals surface area contributed by atoms with Crippen LogP contribution in [0.4, 0.5) is 17.6 Å². The molecule has 0 spiro atoms. The van der Waals surface area contributed by atoms with Crippen LogP contribution in [-0.4, -0.2) is 24.7 Å². The van der Waals surface area contributed by atoms with Crippen LogP contribution in [0.15, 0.2) is 35.3 Å². The fourth-order valence-electron chi connectivity index (χ4n) is 2.02. The van der Waals surface area contributed by atoms with E-state index in [1.807, 2.05) is 31.2 Å². The topological polar surface area (TPSA) is 112 Å². The molecule has 25 heavy (non-hydrogen) atoms. The lowest BCUT2D eigenvalue weighted by molar-refractivity contribution is 0.613. The van der Waals surface area contributed by atoms with Gasteiger partial charge in [0, 0.05) is 5.69 Å². The third-order valence-corrected chi connectivity index (χ3v) is 3.99. The molecule has 0 unspecified atom stereocenters. The second kappa shape index (κ2) is 7.04. The average Bonchev–Trinajstić information content (AvgIpc) is 2.57. The minimum Gasteiger partial charge on any atom is -0.368 e. The number of hydrogen-bond donors (Lipinski definition) is 2. The van der Waals surface area contributed by atoms with Crippen molar-refractivity contribution < 1.29 is 0 Å². The summed E-state index contributed by atoms with van der Waals surface area (Å²) in [5.74, 6) is 0.544. The number of hydrogen-bond acceptors (Lipinski definition) is 7. The van der Waals surface area contributed by atoms with Crippen molar-refractivity contribution in [3.05, 3.63) is 62.2 Å². The summed E-state index contributed by atoms with van der Waals surface area (Å²) in [4.78, 5) is 24.4. The van der Waals surface area contributed by atoms with Gasteiger partial charge in [0.1, 0.15) is 11.6 Å². The molecule has 0 saturated heterocycles. The molecule has 0 radical (unpaired) electrons. The largest absolute Gasteiger partial charge is 0.368 e. The van der Waals surface area contributed by atoms with Gasteiger partial charge in [0.15, 0.2) is 5.82 Å². The molecule has 1 aromatic carbocycles. The SMILES string of the molecule is Cc1ccc(Nc2nc(N)nc(Cn3ncc(Cl)c(Cl)c3=O)n2)cc1. The van der Waals surface area contributed by atoms with Gasteiger partial charge in [0.25, 0.3) is 5.56 Å². The molecule has 2 aromatic heterocycles. The molecule has 8 nitrogen and oxygen atoms in total. The van der Waals surface area contributed by atoms with E-state index in [2.05, 4.69) is 25.4 Å². The lowest BCUT2D eigenvalue weighted by Crippen LogP contribution is -2.25. The minimum absolute atomic E-state index is 0.0210. The van der Waals surface area contributed by atoms with Crippen molar-refractivity contribution in [2.24, 2.45) is 0 Å². The van der Waals surface area contributed by atoms with E-state index in [0.29, 0.717) is 0 Å². The van der Waals surface area contributed by atoms with Crippen LogP contribution in [0.1, 0.15) is 11.4 Å². The Balaban J connectivity index is 1.88. The molecule has 0 aliphatic carbocycles. The zero-order chi connectivity index (χ0) is 18.0. The molecule has 0 aliphatic heterocycles. The van der Waals surface area contributed by atoms with E-state index in [9.17, 15) is 4.79 Å². The van der Waals surface area contributed by atoms with E-state index in [-0.39, 0.29) is 34.3 Å². The van der Waals surface area contributed by atoms with Crippen LogP contribution in [-0.2, 0) is 6.54 Å². The van der Waals surface area contributed by atoms with Crippen molar-refractivity contribution in [2.45, 2.75) is 13.5 Å². The molecule has 0 atom stereocenters. The van der Waals surface area contributed by atoms with Crippen LogP contribution >= 0.6 is 23.2 Å². The van der Waals surface area contributed by atoms with Crippen LogP contribution in [0.5, 0.6) is 0 Å². The summed E-state index contributed by atoms with van der Waals surface area (Å²) in [6.07, 6.45) is 1.28. The first-order chi connectivity index (χ1) is 11.9. The summed E-state index contributed by atoms with van der Waals surface area (Å²) in [5, 5.41) is 6.92. The molecule has 0 amide bonds. The highest BCUT2D eigenvalue weighted by Crippen LogP contribution is 2.16. The summed E-state index contributed by atoms with van der Waals surface area (Å²) < 4.78 is 1.10. The van der Waals surface area contributed by atoms with Crippen LogP contribution in [0, 0.1) is 6.92 Å². The molecule has 3 rings (SSSR count). The Labute approximate surface area is 152 Å². The summed E-state index contributed by atoms with van der Waals surface area (Å²) in [6, 6.07) is 7.68. The van der Waals surface area contributed by atoms with E-state index < -0.39 is 5.56 Å². The molecule has 128 valence electrons. The fourth-order valence-corrected chi connectivity index (χ4v) is 2.29. The minimum atomic E-state index is -0.541. The van der Waals surface area contributed by atoms with Gasteiger partial charge in [-0.3, -0.25) is 4.79 Å². The van der Waals surface area contributed by atoms with Crippen LogP contribution in [0.25, 0.3) is 0 Å². The van der Waals surface area contributed by atoms with E-state index >= 15 is 0 Å². The first-order valence-electron chi connectivity index (χ1n) is 7.17. The highest BCUT2D eigenvalue weighted by Gasteiger charge is 2.11. The Morgan fingerprint density at radius 3 is 2.60 bits per heavy atom. The summed E-state index contributed by atoms with van der Waals surface area (Å²) in [6.45, 7) is 1.97. The second-order valence-corrected chi connectivity index (χ2v) is 5.98. The van der Waals surface area contributed by atoms with E-state index in [4.69, 9.17) is 28.9 Å². The highest BCUT2D eigenvalue weighted by atomic mass is 35.5. The number of rotatable bonds is 4. The maximum Gasteiger partial charge on any atom is 0.287 e. The molecule has 2 heterocycles. The quantitative estimate of drug-likeness (QED) is 0.717. The second-order valence-electron chi connectivity index (χ2n) is 5.19. The van der Waals surface area contributed by atoms with Gasteiger partial charge in [-0.15, -0.1) is 0 Å². The van der Waals surface area contributed by atoms with Crippen molar-refractivity contribution in [2.75, 3.05) is 11.1 Å². The lowest BCUT2D eigenvalue weighted by Gasteiger charge is -2.08. The molecule has 3 aromatic rings. The normalized spacial score (nSPS) is 10.7. The van der Waals surface area contributed by atoms with Gasteiger partial charge < -0.3 is 11.1 Å². The molecule has 0 fully saturated rings. The maximum absolute atomic E-state index is 12.1. The Morgan fingerprint density at radius 1 is 1.16 bits per heavy atom. The Hall–Kier alpha value is -2.71. The van der Waals surface area contributed by atoms with Gasteiger partial charge in [0.05, 0.1) is 11.2 Å². The predicted molar refractivity (Wildman–Crippen MR) is 96.3 cm³/mol. The average molecular weight is 378 g/mol. The van der Waals surface area contributed by atoms with Crippen molar-refractivity contribution in [3.63, 3.8) is 0 Å². The first kappa shape index (κ1) is 17.1. The van der Waals surface area contributed by atoms with Crippen LogP contribution in [0.3, 0.4) is 0 Å². The fraction of sp³-hybridized carbons (Fsp3) is 0.133. The maximum atomic E-state index is 12.1. The number of aromatic nitrogens is 5. The number of nitrogens with two attached hydrogens (primary N) is 1. The van der Waals surface area contributed by atoms with Gasteiger partial charge in [-0.05, 0) is 19.1 Å². The molecule has 0 saturated carbocycles. The Kier molecular flexibility index (Phi) is 4.82. The Bertz CT molecular complexity index is 973. The van der Waals surface area contributed by atoms with Gasteiger partial charge in [0.2, 0.25) is 11.9 Å². The van der Waals surface area contributed by atoms with Gasteiger partial charge in [-0.2, -0.15) is 20.1 Å². The number of benzene rings is 1. The molecule has 0 bridgehead atoms. The van der Waals surface area contributed by atoms with Crippen molar-refractivity contribution in [3.8, 4) is 0 Å². The zero-order valence-electron chi connectivity index (χ0n) is 13.1. The summed E-state index contributed by atoms with van der Waals surface area (Å²) >= 11 is 11.6. The van der Waals surface area contributed by atoms with E-state index in [0.717, 1.165) is 15.9 Å². The Morgan fingerprint density at radius 2 is 1.88 bits per heavy atom. The number of nitrogen functional groups attached to an aromatic ring is 1. The summed E-state index contributed by atoms with van der Waals surface area (Å²) in [7, 11) is 0. The van der Waals surface area contributed by atoms with Crippen molar-refractivity contribution >= 4 is 40.8 Å². The number of nitrogens with zero attached hydrogens (tertiary/aromatic N) is 5. The number of halogens is 2. The van der Waals surface area contributed by atoms with Gasteiger partial charge in [-0.1, -0.05) is 40.9 Å². The third-order valence-electron chi connectivity index (χ3n) is 3.24. The molecule has 3 N–H and O–H groups in total.